The highest BCUT2D eigenvalue weighted by atomic mass is 35.5. The summed E-state index contributed by atoms with van der Waals surface area (Å²) >= 11 is 18.8. The first-order chi connectivity index (χ1) is 18.8. The molecule has 0 spiro atoms. The van der Waals surface area contributed by atoms with E-state index >= 15 is 0 Å². The van der Waals surface area contributed by atoms with Crippen LogP contribution < -0.4 is 15.5 Å². The molecule has 3 fully saturated rings. The number of benzene rings is 1. The Morgan fingerprint density at radius 3 is 2.36 bits per heavy atom. The second-order valence-electron chi connectivity index (χ2n) is 10.3. The minimum absolute atomic E-state index is 0.000000000000000444. The van der Waals surface area contributed by atoms with Crippen molar-refractivity contribution in [3.8, 4) is 0 Å². The molecule has 1 saturated carbocycles. The Morgan fingerprint density at radius 2 is 1.77 bits per heavy atom. The average molecular weight is 599 g/mol. The maximum Gasteiger partial charge on any atom is 0.306 e. The first-order valence-electron chi connectivity index (χ1n) is 14.2. The standard InChI is InChI=1S/C22H28Cl3N5.C5H8O2.C2H6/c1-14-20(25)21(27-12-16-4-5-18(23)11-19(16)24)29-22(28-14)30-10-2-3-17(13-30)15-6-8-26-9-7-15;6-5(7)4-2-1-3-4;1-2/h4-5,11,15,17,26H,2-3,6-10,12-13H2,1H3,(H,27,28,29);4H,1-3H2,(H,6,7);1-2H3. The monoisotopic (exact) mass is 597 g/mol. The molecule has 1 aromatic heterocycles. The van der Waals surface area contributed by atoms with Crippen molar-refractivity contribution in [1.82, 2.24) is 15.3 Å². The largest absolute Gasteiger partial charge is 0.481 e. The zero-order chi connectivity index (χ0) is 28.4. The smallest absolute Gasteiger partial charge is 0.306 e. The number of halogens is 3. The van der Waals surface area contributed by atoms with Gasteiger partial charge in [-0.2, -0.15) is 4.98 Å². The number of carboxylic acid groups (broad SMARTS) is 1. The van der Waals surface area contributed by atoms with Gasteiger partial charge >= 0.3 is 5.97 Å². The fraction of sp³-hybridized carbons (Fsp3) is 0.621. The number of carbonyl (C=O) groups is 1. The van der Waals surface area contributed by atoms with Crippen LogP contribution in [0.5, 0.6) is 0 Å². The Kier molecular flexibility index (Phi) is 12.9. The number of nitrogens with one attached hydrogen (secondary N) is 2. The fourth-order valence-corrected chi connectivity index (χ4v) is 5.82. The van der Waals surface area contributed by atoms with Gasteiger partial charge in [-0.25, -0.2) is 4.98 Å². The Balaban J connectivity index is 0.000000401. The van der Waals surface area contributed by atoms with Crippen molar-refractivity contribution >= 4 is 52.5 Å². The highest BCUT2D eigenvalue weighted by Gasteiger charge is 2.30. The van der Waals surface area contributed by atoms with Crippen molar-refractivity contribution in [2.45, 2.75) is 72.3 Å². The van der Waals surface area contributed by atoms with E-state index in [1.165, 1.54) is 25.7 Å². The number of piperidine rings is 2. The lowest BCUT2D eigenvalue weighted by Crippen LogP contribution is -2.42. The predicted octanol–water partition coefficient (Wildman–Crippen LogP) is 7.47. The van der Waals surface area contributed by atoms with Crippen LogP contribution in [0.4, 0.5) is 11.8 Å². The summed E-state index contributed by atoms with van der Waals surface area (Å²) in [4.78, 5) is 21.8. The summed E-state index contributed by atoms with van der Waals surface area (Å²) in [5, 5.41) is 16.8. The van der Waals surface area contributed by atoms with Gasteiger partial charge in [0.2, 0.25) is 5.95 Å². The number of hydrogen-bond donors (Lipinski definition) is 3. The van der Waals surface area contributed by atoms with Gasteiger partial charge in [-0.15, -0.1) is 0 Å². The van der Waals surface area contributed by atoms with Crippen LogP contribution in [0.2, 0.25) is 15.1 Å². The van der Waals surface area contributed by atoms with E-state index in [2.05, 4.69) is 15.5 Å². The topological polar surface area (TPSA) is 90.4 Å². The molecule has 1 aromatic carbocycles. The molecule has 7 nitrogen and oxygen atoms in total. The number of aromatic nitrogens is 2. The molecule has 0 bridgehead atoms. The van der Waals surface area contributed by atoms with Gasteiger partial charge in [-0.1, -0.05) is 61.1 Å². The van der Waals surface area contributed by atoms with Gasteiger partial charge in [0.25, 0.3) is 0 Å². The van der Waals surface area contributed by atoms with Crippen LogP contribution in [-0.2, 0) is 11.3 Å². The molecule has 1 unspecified atom stereocenters. The van der Waals surface area contributed by atoms with E-state index in [1.807, 2.05) is 32.9 Å². The van der Waals surface area contributed by atoms with Crippen molar-refractivity contribution in [3.05, 3.63) is 44.5 Å². The molecule has 2 saturated heterocycles. The number of rotatable bonds is 6. The summed E-state index contributed by atoms with van der Waals surface area (Å²) < 4.78 is 0. The summed E-state index contributed by atoms with van der Waals surface area (Å²) in [7, 11) is 0. The lowest BCUT2D eigenvalue weighted by molar-refractivity contribution is -0.144. The quantitative estimate of drug-likeness (QED) is 0.318. The number of nitrogens with zero attached hydrogens (tertiary/aromatic N) is 3. The van der Waals surface area contributed by atoms with Gasteiger partial charge in [0.15, 0.2) is 5.82 Å². The van der Waals surface area contributed by atoms with E-state index in [-0.39, 0.29) is 5.92 Å². The van der Waals surface area contributed by atoms with Crippen LogP contribution in [-0.4, -0.2) is 47.2 Å². The second kappa shape index (κ2) is 15.8. The van der Waals surface area contributed by atoms with Crippen molar-refractivity contribution < 1.29 is 9.90 Å². The maximum absolute atomic E-state index is 9.98. The molecule has 1 atom stereocenters. The SMILES string of the molecule is CC.Cc1nc(N2CCCC(C3CCNCC3)C2)nc(NCc2ccc(Cl)cc2Cl)c1Cl.O=C(O)C1CCC1. The molecule has 39 heavy (non-hydrogen) atoms. The Morgan fingerprint density at radius 1 is 1.05 bits per heavy atom. The Bertz CT molecular complexity index is 1080. The summed E-state index contributed by atoms with van der Waals surface area (Å²) in [6.45, 7) is 10.7. The number of anilines is 2. The normalized spacial score (nSPS) is 19.6. The van der Waals surface area contributed by atoms with Crippen molar-refractivity contribution in [2.24, 2.45) is 17.8 Å². The van der Waals surface area contributed by atoms with Crippen LogP contribution in [0.1, 0.15) is 70.1 Å². The molecule has 2 aromatic rings. The predicted molar refractivity (Wildman–Crippen MR) is 162 cm³/mol. The third kappa shape index (κ3) is 9.10. The number of aliphatic carboxylic acids is 1. The molecule has 5 rings (SSSR count). The van der Waals surface area contributed by atoms with Crippen molar-refractivity contribution in [2.75, 3.05) is 36.4 Å². The molecule has 1 aliphatic carbocycles. The molecule has 0 radical (unpaired) electrons. The molecular weight excluding hydrogens is 557 g/mol. The van der Waals surface area contributed by atoms with E-state index in [9.17, 15) is 4.79 Å². The Labute approximate surface area is 248 Å². The van der Waals surface area contributed by atoms with Gasteiger partial charge in [0, 0.05) is 29.7 Å². The maximum atomic E-state index is 9.98. The fourth-order valence-electron chi connectivity index (χ4n) is 5.19. The van der Waals surface area contributed by atoms with Gasteiger partial charge in [-0.05, 0) is 88.1 Å². The van der Waals surface area contributed by atoms with E-state index in [0.717, 1.165) is 68.6 Å². The van der Waals surface area contributed by atoms with Gasteiger partial charge in [0.1, 0.15) is 5.02 Å². The molecule has 216 valence electrons. The minimum Gasteiger partial charge on any atom is -0.481 e. The van der Waals surface area contributed by atoms with Crippen molar-refractivity contribution in [3.63, 3.8) is 0 Å². The molecule has 3 N–H and O–H groups in total. The zero-order valence-corrected chi connectivity index (χ0v) is 25.5. The molecule has 10 heteroatoms. The van der Waals surface area contributed by atoms with Crippen LogP contribution in [0.15, 0.2) is 18.2 Å². The summed E-state index contributed by atoms with van der Waals surface area (Å²) in [6, 6.07) is 5.49. The van der Waals surface area contributed by atoms with E-state index in [1.54, 1.807) is 6.07 Å². The first kappa shape index (κ1) is 31.7. The summed E-state index contributed by atoms with van der Waals surface area (Å²) in [6.07, 6.45) is 7.93. The lowest BCUT2D eigenvalue weighted by atomic mass is 9.80. The molecule has 2 aliphatic heterocycles. The van der Waals surface area contributed by atoms with Gasteiger partial charge in [0.05, 0.1) is 11.6 Å². The Hall–Kier alpha value is -1.80. The highest BCUT2D eigenvalue weighted by molar-refractivity contribution is 6.35. The van der Waals surface area contributed by atoms with Gasteiger partial charge < -0.3 is 20.6 Å². The van der Waals surface area contributed by atoms with Crippen LogP contribution in [0.3, 0.4) is 0 Å². The van der Waals surface area contributed by atoms with Crippen molar-refractivity contribution in [1.29, 1.82) is 0 Å². The average Bonchev–Trinajstić information content (AvgIpc) is 2.91. The highest BCUT2D eigenvalue weighted by Crippen LogP contribution is 2.33. The molecule has 0 amide bonds. The zero-order valence-electron chi connectivity index (χ0n) is 23.3. The second-order valence-corrected chi connectivity index (χ2v) is 11.5. The number of carboxylic acids is 1. The molecule has 3 heterocycles. The van der Waals surface area contributed by atoms with E-state index in [0.29, 0.717) is 33.3 Å². The first-order valence-corrected chi connectivity index (χ1v) is 15.4. The molecular formula is C29H42Cl3N5O2. The number of aryl methyl sites for hydroxylation is 1. The van der Waals surface area contributed by atoms with Gasteiger partial charge in [-0.3, -0.25) is 4.79 Å². The molecule has 3 aliphatic rings. The van der Waals surface area contributed by atoms with Crippen LogP contribution >= 0.6 is 34.8 Å². The van der Waals surface area contributed by atoms with E-state index in [4.69, 9.17) is 49.9 Å². The lowest BCUT2D eigenvalue weighted by Gasteiger charge is -2.38. The third-order valence-electron chi connectivity index (χ3n) is 7.71. The van der Waals surface area contributed by atoms with E-state index < -0.39 is 5.97 Å². The third-order valence-corrected chi connectivity index (χ3v) is 8.75. The summed E-state index contributed by atoms with van der Waals surface area (Å²) in [5.74, 6) is 2.30. The van der Waals surface area contributed by atoms with Crippen LogP contribution in [0, 0.1) is 24.7 Å². The summed E-state index contributed by atoms with van der Waals surface area (Å²) in [5.41, 5.74) is 1.73. The minimum atomic E-state index is -0.619. The number of hydrogen-bond acceptors (Lipinski definition) is 6. The van der Waals surface area contributed by atoms with Crippen LogP contribution in [0.25, 0.3) is 0 Å².